The van der Waals surface area contributed by atoms with Gasteiger partial charge in [-0.3, -0.25) is 9.78 Å². The van der Waals surface area contributed by atoms with Crippen LogP contribution in [0.2, 0.25) is 0 Å². The van der Waals surface area contributed by atoms with Crippen LogP contribution in [0.1, 0.15) is 10.6 Å². The molecule has 0 aliphatic carbocycles. The number of anilines is 1. The second-order valence-electron chi connectivity index (χ2n) is 5.98. The maximum atomic E-state index is 12.7. The van der Waals surface area contributed by atoms with Crippen molar-refractivity contribution in [1.82, 2.24) is 9.88 Å². The normalized spacial score (nSPS) is 14.8. The van der Waals surface area contributed by atoms with Crippen LogP contribution < -0.4 is 9.64 Å². The zero-order valence-electron chi connectivity index (χ0n) is 14.0. The van der Waals surface area contributed by atoms with Gasteiger partial charge in [0.25, 0.3) is 5.91 Å². The van der Waals surface area contributed by atoms with Crippen LogP contribution in [0.4, 0.5) is 5.69 Å². The standard InChI is InChI=1S/C19H19N3O3/c1-24-15-5-2-4-14(12-15)21-8-10-22(11-9-21)19(23)18-13-16-17(25-18)6-3-7-20-16/h2-7,12-13H,8-11H2,1H3. The van der Waals surface area contributed by atoms with Gasteiger partial charge in [-0.2, -0.15) is 0 Å². The third-order valence-corrected chi connectivity index (χ3v) is 4.48. The van der Waals surface area contributed by atoms with Gasteiger partial charge >= 0.3 is 0 Å². The summed E-state index contributed by atoms with van der Waals surface area (Å²) in [7, 11) is 1.66. The van der Waals surface area contributed by atoms with E-state index in [4.69, 9.17) is 9.15 Å². The highest BCUT2D eigenvalue weighted by Gasteiger charge is 2.25. The maximum Gasteiger partial charge on any atom is 0.289 e. The van der Waals surface area contributed by atoms with Gasteiger partial charge in [0.05, 0.1) is 7.11 Å². The molecule has 2 aromatic heterocycles. The van der Waals surface area contributed by atoms with E-state index < -0.39 is 0 Å². The summed E-state index contributed by atoms with van der Waals surface area (Å²) in [5, 5.41) is 0. The number of carbonyl (C=O) groups excluding carboxylic acids is 1. The van der Waals surface area contributed by atoms with Crippen LogP contribution in [0.3, 0.4) is 0 Å². The quantitative estimate of drug-likeness (QED) is 0.735. The lowest BCUT2D eigenvalue weighted by Crippen LogP contribution is -2.48. The molecule has 0 atom stereocenters. The summed E-state index contributed by atoms with van der Waals surface area (Å²) in [6.07, 6.45) is 1.69. The minimum atomic E-state index is -0.0803. The molecule has 0 unspecified atom stereocenters. The highest BCUT2D eigenvalue weighted by atomic mass is 16.5. The van der Waals surface area contributed by atoms with Gasteiger partial charge in [-0.05, 0) is 24.3 Å². The van der Waals surface area contributed by atoms with E-state index in [0.717, 1.165) is 24.5 Å². The number of furan rings is 1. The SMILES string of the molecule is COc1cccc(N2CCN(C(=O)c3cc4ncccc4o3)CC2)c1. The fourth-order valence-corrected chi connectivity index (χ4v) is 3.11. The van der Waals surface area contributed by atoms with Crippen LogP contribution in [0, 0.1) is 0 Å². The number of benzene rings is 1. The van der Waals surface area contributed by atoms with Crippen LogP contribution >= 0.6 is 0 Å². The zero-order chi connectivity index (χ0) is 17.2. The molecule has 1 aliphatic heterocycles. The number of fused-ring (bicyclic) bond motifs is 1. The van der Waals surface area contributed by atoms with Gasteiger partial charge in [0.2, 0.25) is 0 Å². The number of pyridine rings is 1. The largest absolute Gasteiger partial charge is 0.497 e. The van der Waals surface area contributed by atoms with E-state index in [-0.39, 0.29) is 5.91 Å². The smallest absolute Gasteiger partial charge is 0.289 e. The minimum Gasteiger partial charge on any atom is -0.497 e. The summed E-state index contributed by atoms with van der Waals surface area (Å²) in [5.74, 6) is 1.11. The molecular formula is C19H19N3O3. The van der Waals surface area contributed by atoms with Crippen molar-refractivity contribution in [1.29, 1.82) is 0 Å². The van der Waals surface area contributed by atoms with Gasteiger partial charge < -0.3 is 19.0 Å². The van der Waals surface area contributed by atoms with Gasteiger partial charge in [-0.25, -0.2) is 0 Å². The number of aromatic nitrogens is 1. The number of hydrogen-bond donors (Lipinski definition) is 0. The molecule has 3 aromatic rings. The molecule has 0 N–H and O–H groups in total. The summed E-state index contributed by atoms with van der Waals surface area (Å²) in [6.45, 7) is 2.86. The summed E-state index contributed by atoms with van der Waals surface area (Å²) in [6, 6.07) is 13.3. The molecule has 1 saturated heterocycles. The number of methoxy groups -OCH3 is 1. The molecule has 1 fully saturated rings. The molecule has 6 heteroatoms. The molecule has 25 heavy (non-hydrogen) atoms. The Labute approximate surface area is 145 Å². The Morgan fingerprint density at radius 2 is 1.96 bits per heavy atom. The molecule has 0 radical (unpaired) electrons. The third-order valence-electron chi connectivity index (χ3n) is 4.48. The summed E-state index contributed by atoms with van der Waals surface area (Å²) < 4.78 is 10.9. The Kier molecular flexibility index (Phi) is 4.01. The first-order chi connectivity index (χ1) is 12.2. The van der Waals surface area contributed by atoms with E-state index in [1.54, 1.807) is 25.4 Å². The topological polar surface area (TPSA) is 58.8 Å². The zero-order valence-corrected chi connectivity index (χ0v) is 14.0. The van der Waals surface area contributed by atoms with Crippen LogP contribution in [0.5, 0.6) is 5.75 Å². The number of nitrogens with zero attached hydrogens (tertiary/aromatic N) is 3. The molecule has 1 amide bonds. The fraction of sp³-hybridized carbons (Fsp3) is 0.263. The first-order valence-corrected chi connectivity index (χ1v) is 8.27. The Morgan fingerprint density at radius 1 is 1.12 bits per heavy atom. The van der Waals surface area contributed by atoms with Crippen molar-refractivity contribution >= 4 is 22.7 Å². The average Bonchev–Trinajstić information content (AvgIpc) is 3.12. The fourth-order valence-electron chi connectivity index (χ4n) is 3.11. The second kappa shape index (κ2) is 6.47. The molecule has 4 rings (SSSR count). The van der Waals surface area contributed by atoms with E-state index in [1.165, 1.54) is 0 Å². The van der Waals surface area contributed by atoms with Crippen molar-refractivity contribution in [2.45, 2.75) is 0 Å². The van der Waals surface area contributed by atoms with Crippen molar-refractivity contribution < 1.29 is 13.9 Å². The molecule has 0 saturated carbocycles. The third kappa shape index (κ3) is 3.03. The predicted octanol–water partition coefficient (Wildman–Crippen LogP) is 2.80. The van der Waals surface area contributed by atoms with Crippen LogP contribution in [-0.2, 0) is 0 Å². The molecule has 3 heterocycles. The van der Waals surface area contributed by atoms with Crippen molar-refractivity contribution in [3.05, 3.63) is 54.4 Å². The van der Waals surface area contributed by atoms with E-state index in [0.29, 0.717) is 29.9 Å². The monoisotopic (exact) mass is 337 g/mol. The van der Waals surface area contributed by atoms with Crippen molar-refractivity contribution in [2.24, 2.45) is 0 Å². The first-order valence-electron chi connectivity index (χ1n) is 8.27. The number of rotatable bonds is 3. The van der Waals surface area contributed by atoms with Crippen molar-refractivity contribution in [3.63, 3.8) is 0 Å². The van der Waals surface area contributed by atoms with Gasteiger partial charge in [0, 0.05) is 50.2 Å². The van der Waals surface area contributed by atoms with E-state index in [9.17, 15) is 4.79 Å². The highest BCUT2D eigenvalue weighted by Crippen LogP contribution is 2.23. The lowest BCUT2D eigenvalue weighted by atomic mass is 10.2. The summed E-state index contributed by atoms with van der Waals surface area (Å²) in [5.41, 5.74) is 2.46. The summed E-state index contributed by atoms with van der Waals surface area (Å²) in [4.78, 5) is 21.0. The number of carbonyl (C=O) groups is 1. The molecule has 1 aliphatic rings. The number of piperazine rings is 1. The van der Waals surface area contributed by atoms with Gasteiger partial charge in [-0.15, -0.1) is 0 Å². The van der Waals surface area contributed by atoms with Crippen LogP contribution in [-0.4, -0.2) is 49.1 Å². The molecule has 6 nitrogen and oxygen atoms in total. The van der Waals surface area contributed by atoms with E-state index >= 15 is 0 Å². The Morgan fingerprint density at radius 3 is 2.72 bits per heavy atom. The molecule has 0 bridgehead atoms. The van der Waals surface area contributed by atoms with Gasteiger partial charge in [0.1, 0.15) is 11.3 Å². The van der Waals surface area contributed by atoms with Gasteiger partial charge in [0.15, 0.2) is 11.3 Å². The Balaban J connectivity index is 1.45. The second-order valence-corrected chi connectivity index (χ2v) is 5.98. The molecule has 0 spiro atoms. The van der Waals surface area contributed by atoms with Crippen LogP contribution in [0.25, 0.3) is 11.1 Å². The molecule has 128 valence electrons. The minimum absolute atomic E-state index is 0.0803. The Hall–Kier alpha value is -3.02. The van der Waals surface area contributed by atoms with Gasteiger partial charge in [-0.1, -0.05) is 6.07 Å². The highest BCUT2D eigenvalue weighted by molar-refractivity contribution is 5.95. The Bertz CT molecular complexity index is 865. The number of hydrogen-bond acceptors (Lipinski definition) is 5. The van der Waals surface area contributed by atoms with Crippen LogP contribution in [0.15, 0.2) is 53.1 Å². The van der Waals surface area contributed by atoms with Crippen molar-refractivity contribution in [2.75, 3.05) is 38.2 Å². The lowest BCUT2D eigenvalue weighted by Gasteiger charge is -2.35. The lowest BCUT2D eigenvalue weighted by molar-refractivity contribution is 0.0717. The van der Waals surface area contributed by atoms with E-state index in [2.05, 4.69) is 16.0 Å². The molecule has 1 aromatic carbocycles. The average molecular weight is 337 g/mol. The molecular weight excluding hydrogens is 318 g/mol. The maximum absolute atomic E-state index is 12.7. The number of amides is 1. The summed E-state index contributed by atoms with van der Waals surface area (Å²) >= 11 is 0. The number of ether oxygens (including phenoxy) is 1. The predicted molar refractivity (Wildman–Crippen MR) is 95.1 cm³/mol. The first kappa shape index (κ1) is 15.5. The van der Waals surface area contributed by atoms with Crippen molar-refractivity contribution in [3.8, 4) is 5.75 Å². The van der Waals surface area contributed by atoms with E-state index in [1.807, 2.05) is 29.2 Å².